The van der Waals surface area contributed by atoms with Crippen LogP contribution < -0.4 is 11.3 Å². The Bertz CT molecular complexity index is 434. The van der Waals surface area contributed by atoms with Gasteiger partial charge in [-0.1, -0.05) is 29.8 Å². The first-order valence-electron chi connectivity index (χ1n) is 7.48. The second kappa shape index (κ2) is 6.79. The smallest absolute Gasteiger partial charge is 0.271 e. The lowest BCUT2D eigenvalue weighted by atomic mass is 9.77. The van der Waals surface area contributed by atoms with Crippen molar-refractivity contribution in [1.82, 2.24) is 5.43 Å². The molecule has 1 aliphatic carbocycles. The lowest BCUT2D eigenvalue weighted by Crippen LogP contribution is -2.44. The summed E-state index contributed by atoms with van der Waals surface area (Å²) in [4.78, 5) is 0. The maximum absolute atomic E-state index is 12.7. The summed E-state index contributed by atoms with van der Waals surface area (Å²) < 4.78 is 38.1. The normalized spacial score (nSPS) is 24.8. The van der Waals surface area contributed by atoms with Crippen molar-refractivity contribution >= 4 is 0 Å². The molecule has 2 nitrogen and oxygen atoms in total. The summed E-state index contributed by atoms with van der Waals surface area (Å²) in [5, 5.41) is 0. The van der Waals surface area contributed by atoms with E-state index in [0.717, 1.165) is 6.42 Å². The fourth-order valence-corrected chi connectivity index (χ4v) is 3.19. The van der Waals surface area contributed by atoms with Crippen molar-refractivity contribution in [3.8, 4) is 0 Å². The molecular weight excluding hydrogens is 277 g/mol. The first-order chi connectivity index (χ1) is 9.90. The van der Waals surface area contributed by atoms with Gasteiger partial charge in [0.2, 0.25) is 0 Å². The molecule has 2 rings (SSSR count). The summed E-state index contributed by atoms with van der Waals surface area (Å²) in [6.45, 7) is 2.03. The van der Waals surface area contributed by atoms with E-state index in [1.165, 1.54) is 11.1 Å². The zero-order valence-corrected chi connectivity index (χ0v) is 12.3. The molecule has 3 N–H and O–H groups in total. The van der Waals surface area contributed by atoms with Gasteiger partial charge in [0.1, 0.15) is 0 Å². The predicted octanol–water partition coefficient (Wildman–Crippen LogP) is 3.74. The first kappa shape index (κ1) is 16.3. The summed E-state index contributed by atoms with van der Waals surface area (Å²) in [6.07, 6.45) is -1.66. The molecule has 1 aromatic rings. The molecule has 0 bridgehead atoms. The number of nitrogens with one attached hydrogen (secondary N) is 1. The number of benzene rings is 1. The molecule has 5 heteroatoms. The molecule has 0 amide bonds. The van der Waals surface area contributed by atoms with E-state index in [1.54, 1.807) is 0 Å². The lowest BCUT2D eigenvalue weighted by Gasteiger charge is -2.34. The summed E-state index contributed by atoms with van der Waals surface area (Å²) >= 11 is 0. The quantitative estimate of drug-likeness (QED) is 0.656. The minimum Gasteiger partial charge on any atom is -0.271 e. The van der Waals surface area contributed by atoms with Gasteiger partial charge in [0.05, 0.1) is 5.92 Å². The summed E-state index contributed by atoms with van der Waals surface area (Å²) in [5.41, 5.74) is 5.17. The summed E-state index contributed by atoms with van der Waals surface area (Å²) in [6, 6.07) is 8.25. The number of rotatable bonds is 4. The number of halogens is 3. The Morgan fingerprint density at radius 1 is 1.14 bits per heavy atom. The molecule has 1 unspecified atom stereocenters. The van der Waals surface area contributed by atoms with E-state index in [2.05, 4.69) is 17.6 Å². The van der Waals surface area contributed by atoms with Gasteiger partial charge in [0.25, 0.3) is 0 Å². The predicted molar refractivity (Wildman–Crippen MR) is 77.5 cm³/mol. The van der Waals surface area contributed by atoms with Gasteiger partial charge < -0.3 is 0 Å². The molecule has 0 aromatic heterocycles. The average molecular weight is 300 g/mol. The van der Waals surface area contributed by atoms with Crippen LogP contribution in [0.2, 0.25) is 0 Å². The van der Waals surface area contributed by atoms with E-state index in [-0.39, 0.29) is 24.8 Å². The Morgan fingerprint density at radius 3 is 2.19 bits per heavy atom. The fraction of sp³-hybridized carbons (Fsp3) is 0.625. The van der Waals surface area contributed by atoms with Crippen LogP contribution in [0.4, 0.5) is 13.2 Å². The molecule has 1 fully saturated rings. The fourth-order valence-electron chi connectivity index (χ4n) is 3.19. The van der Waals surface area contributed by atoms with E-state index in [4.69, 9.17) is 5.84 Å². The molecule has 1 aliphatic rings. The number of aryl methyl sites for hydroxylation is 1. The zero-order valence-electron chi connectivity index (χ0n) is 12.3. The van der Waals surface area contributed by atoms with Crippen LogP contribution in [0.15, 0.2) is 24.3 Å². The van der Waals surface area contributed by atoms with Gasteiger partial charge in [-0.05, 0) is 50.5 Å². The highest BCUT2D eigenvalue weighted by Gasteiger charge is 2.42. The third kappa shape index (κ3) is 4.45. The van der Waals surface area contributed by atoms with E-state index in [1.807, 2.05) is 19.1 Å². The van der Waals surface area contributed by atoms with Crippen molar-refractivity contribution in [3.05, 3.63) is 35.4 Å². The van der Waals surface area contributed by atoms with Crippen molar-refractivity contribution in [2.75, 3.05) is 0 Å². The third-order valence-corrected chi connectivity index (χ3v) is 4.59. The van der Waals surface area contributed by atoms with Gasteiger partial charge in [-0.25, -0.2) is 0 Å². The molecule has 0 spiro atoms. The Morgan fingerprint density at radius 2 is 1.71 bits per heavy atom. The SMILES string of the molecule is Cc1ccc(CC(NN)C2CCC(C(F)(F)F)CC2)cc1. The Balaban J connectivity index is 1.92. The van der Waals surface area contributed by atoms with Crippen LogP contribution in [0.5, 0.6) is 0 Å². The molecule has 1 saturated carbocycles. The van der Waals surface area contributed by atoms with Crippen LogP contribution in [-0.2, 0) is 6.42 Å². The number of hydrazine groups is 1. The van der Waals surface area contributed by atoms with Crippen molar-refractivity contribution in [2.24, 2.45) is 17.7 Å². The average Bonchev–Trinajstić information content (AvgIpc) is 2.46. The molecule has 118 valence electrons. The molecule has 0 saturated heterocycles. The van der Waals surface area contributed by atoms with E-state index in [0.29, 0.717) is 12.8 Å². The molecule has 21 heavy (non-hydrogen) atoms. The molecule has 0 heterocycles. The van der Waals surface area contributed by atoms with Gasteiger partial charge in [-0.3, -0.25) is 11.3 Å². The number of hydrogen-bond acceptors (Lipinski definition) is 2. The van der Waals surface area contributed by atoms with Crippen LogP contribution in [-0.4, -0.2) is 12.2 Å². The number of hydrogen-bond donors (Lipinski definition) is 2. The van der Waals surface area contributed by atoms with Crippen LogP contribution in [0.3, 0.4) is 0 Å². The Hall–Kier alpha value is -1.07. The molecule has 1 aromatic carbocycles. The van der Waals surface area contributed by atoms with E-state index < -0.39 is 12.1 Å². The molecule has 0 aliphatic heterocycles. The highest BCUT2D eigenvalue weighted by Crippen LogP contribution is 2.40. The van der Waals surface area contributed by atoms with Crippen molar-refractivity contribution in [2.45, 2.75) is 51.2 Å². The van der Waals surface area contributed by atoms with Crippen LogP contribution >= 0.6 is 0 Å². The second-order valence-corrected chi connectivity index (χ2v) is 6.12. The first-order valence-corrected chi connectivity index (χ1v) is 7.48. The van der Waals surface area contributed by atoms with E-state index >= 15 is 0 Å². The van der Waals surface area contributed by atoms with Crippen LogP contribution in [0, 0.1) is 18.8 Å². The molecule has 1 atom stereocenters. The highest BCUT2D eigenvalue weighted by atomic mass is 19.4. The van der Waals surface area contributed by atoms with Crippen molar-refractivity contribution in [3.63, 3.8) is 0 Å². The molecular formula is C16H23F3N2. The van der Waals surface area contributed by atoms with Gasteiger partial charge in [0, 0.05) is 6.04 Å². The van der Waals surface area contributed by atoms with E-state index in [9.17, 15) is 13.2 Å². The summed E-state index contributed by atoms with van der Waals surface area (Å²) in [7, 11) is 0. The maximum Gasteiger partial charge on any atom is 0.391 e. The zero-order chi connectivity index (χ0) is 15.5. The third-order valence-electron chi connectivity index (χ3n) is 4.59. The summed E-state index contributed by atoms with van der Waals surface area (Å²) in [5.74, 6) is 4.71. The standard InChI is InChI=1S/C16H23F3N2/c1-11-2-4-12(5-3-11)10-15(21-20)13-6-8-14(9-7-13)16(17,18)19/h2-5,13-15,21H,6-10,20H2,1H3. The second-order valence-electron chi connectivity index (χ2n) is 6.12. The van der Waals surface area contributed by atoms with Crippen molar-refractivity contribution < 1.29 is 13.2 Å². The Kier molecular flexibility index (Phi) is 5.27. The monoisotopic (exact) mass is 300 g/mol. The van der Waals surface area contributed by atoms with Crippen LogP contribution in [0.1, 0.15) is 36.8 Å². The topological polar surface area (TPSA) is 38.0 Å². The minimum absolute atomic E-state index is 0.0434. The molecule has 0 radical (unpaired) electrons. The largest absolute Gasteiger partial charge is 0.391 e. The highest BCUT2D eigenvalue weighted by molar-refractivity contribution is 5.22. The number of alkyl halides is 3. The van der Waals surface area contributed by atoms with Gasteiger partial charge in [0.15, 0.2) is 0 Å². The van der Waals surface area contributed by atoms with Gasteiger partial charge in [-0.15, -0.1) is 0 Å². The van der Waals surface area contributed by atoms with Crippen molar-refractivity contribution in [1.29, 1.82) is 0 Å². The minimum atomic E-state index is -4.05. The maximum atomic E-state index is 12.7. The van der Waals surface area contributed by atoms with Gasteiger partial charge >= 0.3 is 6.18 Å². The number of nitrogens with two attached hydrogens (primary N) is 1. The van der Waals surface area contributed by atoms with Gasteiger partial charge in [-0.2, -0.15) is 13.2 Å². The Labute approximate surface area is 123 Å². The lowest BCUT2D eigenvalue weighted by molar-refractivity contribution is -0.184. The van der Waals surface area contributed by atoms with Crippen LogP contribution in [0.25, 0.3) is 0 Å².